The molecule has 3 N–H and O–H groups in total. The Morgan fingerprint density at radius 2 is 2.39 bits per heavy atom. The van der Waals surface area contributed by atoms with Gasteiger partial charge >= 0.3 is 5.97 Å². The Hall–Kier alpha value is -2.04. The molecule has 0 saturated carbocycles. The number of aromatic nitrogens is 2. The van der Waals surface area contributed by atoms with E-state index in [1.54, 1.807) is 6.20 Å². The molecule has 0 bridgehead atoms. The van der Waals surface area contributed by atoms with Crippen molar-refractivity contribution in [1.82, 2.24) is 10.2 Å². The van der Waals surface area contributed by atoms with Crippen LogP contribution in [0.5, 0.6) is 0 Å². The minimum absolute atomic E-state index is 0.533. The predicted octanol–water partition coefficient (Wildman–Crippen LogP) is 2.62. The number of anilines is 1. The van der Waals surface area contributed by atoms with E-state index in [9.17, 15) is 4.79 Å². The summed E-state index contributed by atoms with van der Waals surface area (Å²) >= 11 is 0. The van der Waals surface area contributed by atoms with E-state index < -0.39 is 12.0 Å². The van der Waals surface area contributed by atoms with Crippen molar-refractivity contribution in [2.24, 2.45) is 0 Å². The number of rotatable bonds is 6. The van der Waals surface area contributed by atoms with Gasteiger partial charge in [-0.1, -0.05) is 19.8 Å². The zero-order chi connectivity index (χ0) is 13.0. The maximum atomic E-state index is 11.1. The van der Waals surface area contributed by atoms with E-state index in [4.69, 9.17) is 5.11 Å². The summed E-state index contributed by atoms with van der Waals surface area (Å²) in [6, 6.07) is 5.13. The second-order valence-corrected chi connectivity index (χ2v) is 4.35. The van der Waals surface area contributed by atoms with Crippen molar-refractivity contribution in [1.29, 1.82) is 0 Å². The highest BCUT2D eigenvalue weighted by Gasteiger charge is 2.16. The smallest absolute Gasteiger partial charge is 0.326 e. The summed E-state index contributed by atoms with van der Waals surface area (Å²) in [5, 5.41) is 20.0. The standard InChI is InChI=1S/C13H17N3O2/c1-2-3-4-12(13(17)18)15-10-5-6-11-9(7-10)8-14-16-11/h5-8,12,15H,2-4H2,1H3,(H,14,16)(H,17,18). The van der Waals surface area contributed by atoms with Crippen LogP contribution in [0.1, 0.15) is 26.2 Å². The molecule has 0 aliphatic rings. The van der Waals surface area contributed by atoms with Crippen LogP contribution in [0.15, 0.2) is 24.4 Å². The van der Waals surface area contributed by atoms with Crippen molar-refractivity contribution in [2.45, 2.75) is 32.2 Å². The molecule has 0 spiro atoms. The summed E-state index contributed by atoms with van der Waals surface area (Å²) in [5.41, 5.74) is 1.76. The number of benzene rings is 1. The second kappa shape index (κ2) is 5.53. The number of carboxylic acid groups (broad SMARTS) is 1. The predicted molar refractivity (Wildman–Crippen MR) is 70.7 cm³/mol. The van der Waals surface area contributed by atoms with Crippen molar-refractivity contribution < 1.29 is 9.90 Å². The van der Waals surface area contributed by atoms with E-state index in [0.29, 0.717) is 6.42 Å². The number of fused-ring (bicyclic) bond motifs is 1. The van der Waals surface area contributed by atoms with Gasteiger partial charge in [-0.25, -0.2) is 4.79 Å². The van der Waals surface area contributed by atoms with Gasteiger partial charge in [-0.2, -0.15) is 5.10 Å². The lowest BCUT2D eigenvalue weighted by Crippen LogP contribution is -2.29. The van der Waals surface area contributed by atoms with Crippen LogP contribution in [0.3, 0.4) is 0 Å². The number of carbonyl (C=O) groups is 1. The molecule has 5 heteroatoms. The molecule has 18 heavy (non-hydrogen) atoms. The summed E-state index contributed by atoms with van der Waals surface area (Å²) in [6.07, 6.45) is 4.25. The first-order chi connectivity index (χ1) is 8.70. The average Bonchev–Trinajstić information content (AvgIpc) is 2.81. The summed E-state index contributed by atoms with van der Waals surface area (Å²) < 4.78 is 0. The van der Waals surface area contributed by atoms with Crippen LogP contribution in [0.2, 0.25) is 0 Å². The molecular formula is C13H17N3O2. The molecule has 1 aromatic heterocycles. The zero-order valence-electron chi connectivity index (χ0n) is 10.3. The SMILES string of the molecule is CCCCC(Nc1ccc2[nH]ncc2c1)C(=O)O. The molecule has 1 atom stereocenters. The average molecular weight is 247 g/mol. The van der Waals surface area contributed by atoms with Crippen LogP contribution in [0, 0.1) is 0 Å². The third kappa shape index (κ3) is 2.80. The van der Waals surface area contributed by atoms with Gasteiger partial charge in [0.25, 0.3) is 0 Å². The van der Waals surface area contributed by atoms with Gasteiger partial charge in [0.05, 0.1) is 11.7 Å². The lowest BCUT2D eigenvalue weighted by atomic mass is 10.1. The van der Waals surface area contributed by atoms with Crippen LogP contribution in [0.4, 0.5) is 5.69 Å². The molecule has 0 radical (unpaired) electrons. The van der Waals surface area contributed by atoms with Gasteiger partial charge in [0.1, 0.15) is 6.04 Å². The Morgan fingerprint density at radius 1 is 1.56 bits per heavy atom. The quantitative estimate of drug-likeness (QED) is 0.733. The van der Waals surface area contributed by atoms with Crippen molar-refractivity contribution in [3.63, 3.8) is 0 Å². The Labute approximate surface area is 105 Å². The zero-order valence-corrected chi connectivity index (χ0v) is 10.3. The molecule has 1 heterocycles. The highest BCUT2D eigenvalue weighted by Crippen LogP contribution is 2.18. The first-order valence-electron chi connectivity index (χ1n) is 6.13. The molecule has 0 amide bonds. The lowest BCUT2D eigenvalue weighted by molar-refractivity contribution is -0.138. The number of hydrogen-bond donors (Lipinski definition) is 3. The fourth-order valence-electron chi connectivity index (χ4n) is 1.90. The summed E-state index contributed by atoms with van der Waals surface area (Å²) in [5.74, 6) is -0.809. The van der Waals surface area contributed by atoms with Gasteiger partial charge in [0.15, 0.2) is 0 Å². The maximum Gasteiger partial charge on any atom is 0.326 e. The molecule has 1 aromatic carbocycles. The van der Waals surface area contributed by atoms with Crippen LogP contribution in [-0.2, 0) is 4.79 Å². The molecular weight excluding hydrogens is 230 g/mol. The number of aromatic amines is 1. The molecule has 0 aliphatic heterocycles. The topological polar surface area (TPSA) is 78.0 Å². The highest BCUT2D eigenvalue weighted by atomic mass is 16.4. The van der Waals surface area contributed by atoms with Crippen molar-refractivity contribution in [2.75, 3.05) is 5.32 Å². The van der Waals surface area contributed by atoms with Gasteiger partial charge < -0.3 is 10.4 Å². The van der Waals surface area contributed by atoms with Crippen LogP contribution >= 0.6 is 0 Å². The van der Waals surface area contributed by atoms with Crippen molar-refractivity contribution in [3.05, 3.63) is 24.4 Å². The second-order valence-electron chi connectivity index (χ2n) is 4.35. The minimum atomic E-state index is -0.809. The number of unbranched alkanes of at least 4 members (excludes halogenated alkanes) is 1. The Kier molecular flexibility index (Phi) is 3.82. The number of H-pyrrole nitrogens is 1. The van der Waals surface area contributed by atoms with E-state index in [1.807, 2.05) is 18.2 Å². The number of nitrogens with zero attached hydrogens (tertiary/aromatic N) is 1. The van der Waals surface area contributed by atoms with Gasteiger partial charge in [0, 0.05) is 11.1 Å². The molecule has 1 unspecified atom stereocenters. The minimum Gasteiger partial charge on any atom is -0.480 e. The fourth-order valence-corrected chi connectivity index (χ4v) is 1.90. The molecule has 0 aliphatic carbocycles. The lowest BCUT2D eigenvalue weighted by Gasteiger charge is -2.15. The molecule has 2 rings (SSSR count). The summed E-state index contributed by atoms with van der Waals surface area (Å²) in [4.78, 5) is 11.1. The number of hydrogen-bond acceptors (Lipinski definition) is 3. The normalized spacial score (nSPS) is 12.5. The van der Waals surface area contributed by atoms with Gasteiger partial charge in [-0.05, 0) is 24.6 Å². The third-order valence-corrected chi connectivity index (χ3v) is 2.93. The molecule has 0 fully saturated rings. The van der Waals surface area contributed by atoms with Crippen LogP contribution in [0.25, 0.3) is 10.9 Å². The Morgan fingerprint density at radius 3 is 3.11 bits per heavy atom. The molecule has 0 saturated heterocycles. The van der Waals surface area contributed by atoms with Crippen molar-refractivity contribution in [3.8, 4) is 0 Å². The first kappa shape index (κ1) is 12.4. The van der Waals surface area contributed by atoms with Crippen molar-refractivity contribution >= 4 is 22.6 Å². The van der Waals surface area contributed by atoms with E-state index in [0.717, 1.165) is 29.4 Å². The van der Waals surface area contributed by atoms with Gasteiger partial charge in [-0.3, -0.25) is 5.10 Å². The Balaban J connectivity index is 2.11. The molecule has 96 valence electrons. The molecule has 2 aromatic rings. The monoisotopic (exact) mass is 247 g/mol. The number of nitrogens with one attached hydrogen (secondary N) is 2. The Bertz CT molecular complexity index is 536. The van der Waals surface area contributed by atoms with E-state index >= 15 is 0 Å². The van der Waals surface area contributed by atoms with E-state index in [2.05, 4.69) is 22.4 Å². The van der Waals surface area contributed by atoms with E-state index in [-0.39, 0.29) is 0 Å². The van der Waals surface area contributed by atoms with Crippen LogP contribution < -0.4 is 5.32 Å². The number of carboxylic acids is 1. The van der Waals surface area contributed by atoms with Crippen LogP contribution in [-0.4, -0.2) is 27.3 Å². The maximum absolute atomic E-state index is 11.1. The van der Waals surface area contributed by atoms with E-state index in [1.165, 1.54) is 0 Å². The summed E-state index contributed by atoms with van der Waals surface area (Å²) in [7, 11) is 0. The largest absolute Gasteiger partial charge is 0.480 e. The number of aliphatic carboxylic acids is 1. The molecule has 5 nitrogen and oxygen atoms in total. The first-order valence-corrected chi connectivity index (χ1v) is 6.13. The highest BCUT2D eigenvalue weighted by molar-refractivity contribution is 5.83. The summed E-state index contributed by atoms with van der Waals surface area (Å²) in [6.45, 7) is 2.05. The third-order valence-electron chi connectivity index (χ3n) is 2.93. The van der Waals surface area contributed by atoms with Gasteiger partial charge in [-0.15, -0.1) is 0 Å². The van der Waals surface area contributed by atoms with Gasteiger partial charge in [0.2, 0.25) is 0 Å². The fraction of sp³-hybridized carbons (Fsp3) is 0.385.